The Balaban J connectivity index is 1.59. The second kappa shape index (κ2) is 12.1. The summed E-state index contributed by atoms with van der Waals surface area (Å²) in [5.41, 5.74) is 11.8. The minimum atomic E-state index is 1.14. The predicted octanol–water partition coefficient (Wildman–Crippen LogP) is 13.3. The molecule has 8 rings (SSSR count). The number of benzene rings is 8. The van der Waals surface area contributed by atoms with Crippen LogP contribution in [-0.2, 0) is 0 Å². The predicted molar refractivity (Wildman–Crippen MR) is 207 cm³/mol. The molecule has 0 spiro atoms. The molecule has 8 aromatic carbocycles. The van der Waals surface area contributed by atoms with Gasteiger partial charge < -0.3 is 9.80 Å². The minimum Gasteiger partial charge on any atom is -0.309 e. The van der Waals surface area contributed by atoms with Gasteiger partial charge in [0.1, 0.15) is 0 Å². The van der Waals surface area contributed by atoms with E-state index in [0.29, 0.717) is 0 Å². The molecule has 0 saturated heterocycles. The summed E-state index contributed by atoms with van der Waals surface area (Å²) in [5.74, 6) is 0. The van der Waals surface area contributed by atoms with Crippen LogP contribution in [0.3, 0.4) is 0 Å². The van der Waals surface area contributed by atoms with Crippen LogP contribution in [0.4, 0.5) is 34.1 Å². The molecule has 0 aromatic heterocycles. The van der Waals surface area contributed by atoms with E-state index in [1.54, 1.807) is 0 Å². The third-order valence-electron chi connectivity index (χ3n) is 9.34. The Bertz CT molecular complexity index is 2380. The fourth-order valence-electron chi connectivity index (χ4n) is 7.26. The molecular weight excluding hydrogens is 581 g/mol. The molecule has 0 bridgehead atoms. The molecule has 0 fully saturated rings. The van der Waals surface area contributed by atoms with Gasteiger partial charge in [-0.15, -0.1) is 0 Å². The Morgan fingerprint density at radius 3 is 1.17 bits per heavy atom. The molecule has 0 aliphatic carbocycles. The molecule has 0 unspecified atom stereocenters. The van der Waals surface area contributed by atoms with Crippen LogP contribution in [0.25, 0.3) is 32.3 Å². The lowest BCUT2D eigenvalue weighted by Crippen LogP contribution is -2.15. The van der Waals surface area contributed by atoms with Gasteiger partial charge in [0.2, 0.25) is 0 Å². The Hall–Kier alpha value is -5.86. The van der Waals surface area contributed by atoms with Crippen molar-refractivity contribution in [2.75, 3.05) is 9.80 Å². The van der Waals surface area contributed by atoms with Gasteiger partial charge >= 0.3 is 0 Å². The lowest BCUT2D eigenvalue weighted by atomic mass is 9.91. The van der Waals surface area contributed by atoms with Crippen LogP contribution in [0.2, 0.25) is 0 Å². The second-order valence-corrected chi connectivity index (χ2v) is 13.0. The van der Waals surface area contributed by atoms with E-state index in [1.807, 2.05) is 0 Å². The first kappa shape index (κ1) is 29.5. The highest BCUT2D eigenvalue weighted by Gasteiger charge is 2.26. The molecule has 2 nitrogen and oxygen atoms in total. The highest BCUT2D eigenvalue weighted by molar-refractivity contribution is 6.29. The highest BCUT2D eigenvalue weighted by Crippen LogP contribution is 2.52. The van der Waals surface area contributed by atoms with Gasteiger partial charge in [-0.05, 0) is 109 Å². The Kier molecular flexibility index (Phi) is 7.42. The summed E-state index contributed by atoms with van der Waals surface area (Å²) in [6.07, 6.45) is 0. The third kappa shape index (κ3) is 5.16. The van der Waals surface area contributed by atoms with Crippen molar-refractivity contribution in [3.63, 3.8) is 0 Å². The lowest BCUT2D eigenvalue weighted by molar-refractivity contribution is 1.27. The average molecular weight is 619 g/mol. The van der Waals surface area contributed by atoms with Crippen LogP contribution in [0.1, 0.15) is 22.3 Å². The smallest absolute Gasteiger partial charge is 0.0626 e. The molecular formula is C46H38N2. The third-order valence-corrected chi connectivity index (χ3v) is 9.34. The van der Waals surface area contributed by atoms with E-state index >= 15 is 0 Å². The summed E-state index contributed by atoms with van der Waals surface area (Å²) in [6, 6.07) is 57.9. The quantitative estimate of drug-likeness (QED) is 0.104. The number of hydrogen-bond acceptors (Lipinski definition) is 2. The SMILES string of the molecule is Cc1cccc(N(c2cccc(C)c2)c2c3ccccc3c(N(c3cccc(C)c3)c3cccc(C)c3)c3c2ccc2ccccc23)c1. The number of hydrogen-bond donors (Lipinski definition) is 0. The standard InChI is InChI=1S/C46H38N2/c1-31-13-9-18-36(27-31)47(37-19-10-14-32(2)28-37)45-41-23-7-8-24-42(41)46(44-40-22-6-5-17-35(40)25-26-43(44)45)48(38-20-11-15-33(3)29-38)39-21-12-16-34(4)30-39/h5-30H,1-4H3. The molecule has 0 saturated carbocycles. The van der Waals surface area contributed by atoms with E-state index < -0.39 is 0 Å². The largest absolute Gasteiger partial charge is 0.309 e. The van der Waals surface area contributed by atoms with E-state index in [0.717, 1.165) is 22.7 Å². The van der Waals surface area contributed by atoms with Crippen LogP contribution < -0.4 is 9.80 Å². The van der Waals surface area contributed by atoms with Crippen molar-refractivity contribution in [1.82, 2.24) is 0 Å². The number of fused-ring (bicyclic) bond motifs is 4. The summed E-state index contributed by atoms with van der Waals surface area (Å²) >= 11 is 0. The van der Waals surface area contributed by atoms with Crippen molar-refractivity contribution < 1.29 is 0 Å². The Morgan fingerprint density at radius 2 is 0.708 bits per heavy atom. The molecule has 0 amide bonds. The minimum absolute atomic E-state index is 1.14. The highest BCUT2D eigenvalue weighted by atomic mass is 15.2. The normalized spacial score (nSPS) is 11.3. The summed E-state index contributed by atoms with van der Waals surface area (Å²) in [6.45, 7) is 8.70. The average Bonchev–Trinajstić information content (AvgIpc) is 3.09. The molecule has 8 aromatic rings. The monoisotopic (exact) mass is 618 g/mol. The van der Waals surface area contributed by atoms with E-state index in [2.05, 4.69) is 195 Å². The van der Waals surface area contributed by atoms with Gasteiger partial charge in [-0.2, -0.15) is 0 Å². The topological polar surface area (TPSA) is 6.48 Å². The summed E-state index contributed by atoms with van der Waals surface area (Å²) in [7, 11) is 0. The molecule has 48 heavy (non-hydrogen) atoms. The number of aryl methyl sites for hydroxylation is 4. The molecule has 0 atom stereocenters. The summed E-state index contributed by atoms with van der Waals surface area (Å²) < 4.78 is 0. The first-order chi connectivity index (χ1) is 23.5. The van der Waals surface area contributed by atoms with Crippen LogP contribution in [0.5, 0.6) is 0 Å². The van der Waals surface area contributed by atoms with Crippen molar-refractivity contribution >= 4 is 66.4 Å². The first-order valence-corrected chi connectivity index (χ1v) is 16.7. The molecule has 232 valence electrons. The maximum Gasteiger partial charge on any atom is 0.0626 e. The van der Waals surface area contributed by atoms with Crippen LogP contribution in [0, 0.1) is 27.7 Å². The fraction of sp³-hybridized carbons (Fsp3) is 0.0870. The van der Waals surface area contributed by atoms with Crippen molar-refractivity contribution in [2.24, 2.45) is 0 Å². The molecule has 0 aliphatic heterocycles. The summed E-state index contributed by atoms with van der Waals surface area (Å²) in [5, 5.41) is 7.29. The fourth-order valence-corrected chi connectivity index (χ4v) is 7.26. The molecule has 0 radical (unpaired) electrons. The van der Waals surface area contributed by atoms with Crippen LogP contribution in [-0.4, -0.2) is 0 Å². The van der Waals surface area contributed by atoms with Gasteiger partial charge in [0.25, 0.3) is 0 Å². The van der Waals surface area contributed by atoms with E-state index in [9.17, 15) is 0 Å². The van der Waals surface area contributed by atoms with Crippen molar-refractivity contribution in [3.8, 4) is 0 Å². The first-order valence-electron chi connectivity index (χ1n) is 16.7. The number of nitrogens with zero attached hydrogens (tertiary/aromatic N) is 2. The van der Waals surface area contributed by atoms with E-state index in [-0.39, 0.29) is 0 Å². The van der Waals surface area contributed by atoms with Gasteiger partial charge in [0.05, 0.1) is 11.4 Å². The zero-order chi connectivity index (χ0) is 32.8. The van der Waals surface area contributed by atoms with Gasteiger partial charge in [-0.25, -0.2) is 0 Å². The molecule has 0 heterocycles. The zero-order valence-electron chi connectivity index (χ0n) is 27.9. The van der Waals surface area contributed by atoms with Gasteiger partial charge in [-0.1, -0.05) is 109 Å². The van der Waals surface area contributed by atoms with Crippen LogP contribution >= 0.6 is 0 Å². The maximum atomic E-state index is 2.48. The van der Waals surface area contributed by atoms with Gasteiger partial charge in [0.15, 0.2) is 0 Å². The maximum absolute atomic E-state index is 2.48. The zero-order valence-corrected chi connectivity index (χ0v) is 27.9. The number of rotatable bonds is 6. The number of anilines is 6. The summed E-state index contributed by atoms with van der Waals surface area (Å²) in [4.78, 5) is 4.94. The van der Waals surface area contributed by atoms with Crippen molar-refractivity contribution in [3.05, 3.63) is 180 Å². The van der Waals surface area contributed by atoms with Crippen LogP contribution in [0.15, 0.2) is 158 Å². The van der Waals surface area contributed by atoms with Gasteiger partial charge in [0, 0.05) is 44.3 Å². The Labute approximate surface area is 283 Å². The molecule has 0 N–H and O–H groups in total. The van der Waals surface area contributed by atoms with Gasteiger partial charge in [-0.3, -0.25) is 0 Å². The molecule has 2 heteroatoms. The van der Waals surface area contributed by atoms with E-state index in [4.69, 9.17) is 0 Å². The van der Waals surface area contributed by atoms with E-state index in [1.165, 1.54) is 65.9 Å². The Morgan fingerprint density at radius 1 is 0.312 bits per heavy atom. The lowest BCUT2D eigenvalue weighted by Gasteiger charge is -2.33. The van der Waals surface area contributed by atoms with Crippen molar-refractivity contribution in [1.29, 1.82) is 0 Å². The van der Waals surface area contributed by atoms with Crippen molar-refractivity contribution in [2.45, 2.75) is 27.7 Å². The molecule has 0 aliphatic rings. The second-order valence-electron chi connectivity index (χ2n) is 13.0.